The predicted molar refractivity (Wildman–Crippen MR) is 91.8 cm³/mol. The maximum atomic E-state index is 12.4. The van der Waals surface area contributed by atoms with Gasteiger partial charge in [0.1, 0.15) is 0 Å². The molecule has 25 heavy (non-hydrogen) atoms. The topological polar surface area (TPSA) is 103 Å². The SMILES string of the molecule is COc1cc(CNC(=O)[C@H]2CCCN(C(N)=O)C2)cc(OC)c1OC. The molecule has 3 N–H and O–H groups in total. The minimum absolute atomic E-state index is 0.0975. The van der Waals surface area contributed by atoms with Crippen molar-refractivity contribution in [2.45, 2.75) is 19.4 Å². The number of likely N-dealkylation sites (tertiary alicyclic amines) is 1. The Balaban J connectivity index is 2.03. The highest BCUT2D eigenvalue weighted by molar-refractivity contribution is 5.80. The van der Waals surface area contributed by atoms with E-state index < -0.39 is 6.03 Å². The summed E-state index contributed by atoms with van der Waals surface area (Å²) < 4.78 is 15.9. The van der Waals surface area contributed by atoms with Gasteiger partial charge in [-0.05, 0) is 30.5 Å². The van der Waals surface area contributed by atoms with Crippen molar-refractivity contribution in [3.63, 3.8) is 0 Å². The number of rotatable bonds is 6. The molecule has 0 unspecified atom stereocenters. The van der Waals surface area contributed by atoms with E-state index in [0.29, 0.717) is 36.9 Å². The largest absolute Gasteiger partial charge is 0.493 e. The van der Waals surface area contributed by atoms with Gasteiger partial charge in [0.25, 0.3) is 0 Å². The van der Waals surface area contributed by atoms with E-state index in [1.807, 2.05) is 0 Å². The highest BCUT2D eigenvalue weighted by Crippen LogP contribution is 2.38. The van der Waals surface area contributed by atoms with E-state index in [1.54, 1.807) is 26.4 Å². The number of hydrogen-bond donors (Lipinski definition) is 2. The minimum atomic E-state index is -0.484. The number of carbonyl (C=O) groups excluding carboxylic acids is 2. The summed E-state index contributed by atoms with van der Waals surface area (Å²) in [5.74, 6) is 1.22. The number of nitrogens with zero attached hydrogens (tertiary/aromatic N) is 1. The van der Waals surface area contributed by atoms with Crippen LogP contribution in [-0.2, 0) is 11.3 Å². The second-order valence-corrected chi connectivity index (χ2v) is 5.87. The number of urea groups is 1. The van der Waals surface area contributed by atoms with Gasteiger partial charge in [-0.15, -0.1) is 0 Å². The Morgan fingerprint density at radius 3 is 2.36 bits per heavy atom. The van der Waals surface area contributed by atoms with Crippen molar-refractivity contribution >= 4 is 11.9 Å². The fourth-order valence-electron chi connectivity index (χ4n) is 2.96. The number of nitrogens with two attached hydrogens (primary N) is 1. The highest BCUT2D eigenvalue weighted by atomic mass is 16.5. The average molecular weight is 351 g/mol. The molecule has 1 fully saturated rings. The van der Waals surface area contributed by atoms with E-state index in [0.717, 1.165) is 18.4 Å². The maximum Gasteiger partial charge on any atom is 0.314 e. The van der Waals surface area contributed by atoms with Gasteiger partial charge in [-0.2, -0.15) is 0 Å². The molecule has 1 saturated heterocycles. The first-order valence-corrected chi connectivity index (χ1v) is 8.11. The van der Waals surface area contributed by atoms with E-state index in [1.165, 1.54) is 12.0 Å². The van der Waals surface area contributed by atoms with Gasteiger partial charge in [0.15, 0.2) is 11.5 Å². The van der Waals surface area contributed by atoms with Gasteiger partial charge >= 0.3 is 6.03 Å². The Morgan fingerprint density at radius 2 is 1.84 bits per heavy atom. The normalized spacial score (nSPS) is 16.9. The van der Waals surface area contributed by atoms with Gasteiger partial charge in [0.2, 0.25) is 11.7 Å². The van der Waals surface area contributed by atoms with E-state index in [2.05, 4.69) is 5.32 Å². The second kappa shape index (κ2) is 8.46. The molecule has 1 aromatic rings. The van der Waals surface area contributed by atoms with Crippen LogP contribution in [0, 0.1) is 5.92 Å². The number of methoxy groups -OCH3 is 3. The molecular formula is C17H25N3O5. The number of carbonyl (C=O) groups is 2. The summed E-state index contributed by atoms with van der Waals surface area (Å²) in [5.41, 5.74) is 6.13. The Hall–Kier alpha value is -2.64. The van der Waals surface area contributed by atoms with Crippen LogP contribution in [0.1, 0.15) is 18.4 Å². The summed E-state index contributed by atoms with van der Waals surface area (Å²) in [5, 5.41) is 2.90. The molecular weight excluding hydrogens is 326 g/mol. The molecule has 0 spiro atoms. The molecule has 1 atom stereocenters. The first kappa shape index (κ1) is 18.7. The summed E-state index contributed by atoms with van der Waals surface area (Å²) in [6.07, 6.45) is 1.51. The van der Waals surface area contributed by atoms with Crippen molar-refractivity contribution in [2.24, 2.45) is 11.7 Å². The molecule has 0 aliphatic carbocycles. The Labute approximate surface area is 147 Å². The van der Waals surface area contributed by atoms with E-state index in [9.17, 15) is 9.59 Å². The Bertz CT molecular complexity index is 610. The van der Waals surface area contributed by atoms with Crippen molar-refractivity contribution < 1.29 is 23.8 Å². The molecule has 0 aromatic heterocycles. The third-order valence-electron chi connectivity index (χ3n) is 4.30. The molecule has 2 rings (SSSR count). The molecule has 0 saturated carbocycles. The smallest absolute Gasteiger partial charge is 0.314 e. The van der Waals surface area contributed by atoms with Crippen molar-refractivity contribution in [3.8, 4) is 17.2 Å². The maximum absolute atomic E-state index is 12.4. The number of piperidine rings is 1. The number of hydrogen-bond acceptors (Lipinski definition) is 5. The summed E-state index contributed by atoms with van der Waals surface area (Å²) in [4.78, 5) is 25.2. The van der Waals surface area contributed by atoms with Gasteiger partial charge in [-0.25, -0.2) is 4.79 Å². The zero-order valence-corrected chi connectivity index (χ0v) is 14.8. The molecule has 0 radical (unpaired) electrons. The highest BCUT2D eigenvalue weighted by Gasteiger charge is 2.27. The molecule has 138 valence electrons. The average Bonchev–Trinajstić information content (AvgIpc) is 2.64. The molecule has 1 aliphatic rings. The van der Waals surface area contributed by atoms with E-state index in [-0.39, 0.29) is 11.8 Å². The number of primary amides is 1. The van der Waals surface area contributed by atoms with Crippen LogP contribution in [0.4, 0.5) is 4.79 Å². The van der Waals surface area contributed by atoms with Crippen LogP contribution in [0.15, 0.2) is 12.1 Å². The van der Waals surface area contributed by atoms with Crippen molar-refractivity contribution in [2.75, 3.05) is 34.4 Å². The van der Waals surface area contributed by atoms with Crippen LogP contribution >= 0.6 is 0 Å². The van der Waals surface area contributed by atoms with Crippen LogP contribution in [-0.4, -0.2) is 51.3 Å². The first-order chi connectivity index (χ1) is 12.0. The lowest BCUT2D eigenvalue weighted by Gasteiger charge is -2.30. The van der Waals surface area contributed by atoms with E-state index >= 15 is 0 Å². The summed E-state index contributed by atoms with van der Waals surface area (Å²) in [7, 11) is 4.62. The van der Waals surface area contributed by atoms with Crippen molar-refractivity contribution in [1.82, 2.24) is 10.2 Å². The monoisotopic (exact) mass is 351 g/mol. The van der Waals surface area contributed by atoms with Gasteiger partial charge in [0, 0.05) is 19.6 Å². The zero-order valence-electron chi connectivity index (χ0n) is 14.8. The van der Waals surface area contributed by atoms with Crippen molar-refractivity contribution in [3.05, 3.63) is 17.7 Å². The van der Waals surface area contributed by atoms with Crippen molar-refractivity contribution in [1.29, 1.82) is 0 Å². The van der Waals surface area contributed by atoms with Gasteiger partial charge in [0.05, 0.1) is 27.2 Å². The summed E-state index contributed by atoms with van der Waals surface area (Å²) in [6.45, 7) is 1.28. The standard InChI is InChI=1S/C17H25N3O5/c1-23-13-7-11(8-14(24-2)15(13)25-3)9-19-16(21)12-5-4-6-20(10-12)17(18)22/h7-8,12H,4-6,9-10H2,1-3H3,(H2,18,22)(H,19,21)/t12-/m0/s1. The first-order valence-electron chi connectivity index (χ1n) is 8.11. The lowest BCUT2D eigenvalue weighted by molar-refractivity contribution is -0.126. The number of nitrogens with one attached hydrogen (secondary N) is 1. The number of ether oxygens (including phenoxy) is 3. The third-order valence-corrected chi connectivity index (χ3v) is 4.30. The molecule has 3 amide bonds. The Kier molecular flexibility index (Phi) is 6.32. The Morgan fingerprint density at radius 1 is 1.20 bits per heavy atom. The van der Waals surface area contributed by atoms with Crippen LogP contribution in [0.2, 0.25) is 0 Å². The molecule has 0 bridgehead atoms. The molecule has 1 aliphatic heterocycles. The van der Waals surface area contributed by atoms with E-state index in [4.69, 9.17) is 19.9 Å². The molecule has 1 heterocycles. The van der Waals surface area contributed by atoms with Crippen LogP contribution in [0.25, 0.3) is 0 Å². The van der Waals surface area contributed by atoms with Crippen LogP contribution in [0.5, 0.6) is 17.2 Å². The molecule has 8 heteroatoms. The van der Waals surface area contributed by atoms with Gasteiger partial charge in [-0.3, -0.25) is 4.79 Å². The quantitative estimate of drug-likeness (QED) is 0.799. The fraction of sp³-hybridized carbons (Fsp3) is 0.529. The molecule has 1 aromatic carbocycles. The number of amides is 3. The minimum Gasteiger partial charge on any atom is -0.493 e. The third kappa shape index (κ3) is 4.46. The predicted octanol–water partition coefficient (Wildman–Crippen LogP) is 1.12. The summed E-state index contributed by atoms with van der Waals surface area (Å²) in [6, 6.07) is 3.10. The summed E-state index contributed by atoms with van der Waals surface area (Å²) >= 11 is 0. The van der Waals surface area contributed by atoms with Crippen LogP contribution < -0.4 is 25.3 Å². The van der Waals surface area contributed by atoms with Crippen LogP contribution in [0.3, 0.4) is 0 Å². The van der Waals surface area contributed by atoms with Gasteiger partial charge < -0.3 is 30.2 Å². The molecule has 8 nitrogen and oxygen atoms in total. The second-order valence-electron chi connectivity index (χ2n) is 5.87. The fourth-order valence-corrected chi connectivity index (χ4v) is 2.96. The van der Waals surface area contributed by atoms with Gasteiger partial charge in [-0.1, -0.05) is 0 Å². The zero-order chi connectivity index (χ0) is 18.4. The lowest BCUT2D eigenvalue weighted by Crippen LogP contribution is -2.47. The number of benzene rings is 1. The lowest BCUT2D eigenvalue weighted by atomic mass is 9.97.